The van der Waals surface area contributed by atoms with Crippen LogP contribution in [-0.4, -0.2) is 31.0 Å². The zero-order valence-electron chi connectivity index (χ0n) is 17.0. The molecule has 0 aliphatic heterocycles. The van der Waals surface area contributed by atoms with Gasteiger partial charge in [0.05, 0.1) is 21.7 Å². The number of oxazole rings is 1. The highest BCUT2D eigenvalue weighted by atomic mass is 32.2. The third kappa shape index (κ3) is 5.17. The fraction of sp³-hybridized carbons (Fsp3) is 0.238. The Morgan fingerprint density at radius 3 is 2.41 bits per heavy atom. The number of halogens is 3. The summed E-state index contributed by atoms with van der Waals surface area (Å²) in [6.45, 7) is 3.18. The van der Waals surface area contributed by atoms with E-state index >= 15 is 0 Å². The molecule has 0 amide bonds. The minimum atomic E-state index is -4.45. The molecule has 3 aromatic rings. The van der Waals surface area contributed by atoms with Crippen molar-refractivity contribution in [2.24, 2.45) is 0 Å². The number of alkyl halides is 3. The van der Waals surface area contributed by atoms with Gasteiger partial charge in [0, 0.05) is 18.5 Å². The van der Waals surface area contributed by atoms with E-state index in [2.05, 4.69) is 9.71 Å². The predicted molar refractivity (Wildman–Crippen MR) is 109 cm³/mol. The van der Waals surface area contributed by atoms with Crippen LogP contribution in [0.15, 0.2) is 52.0 Å². The molecular weight excluding hydrogens is 449 g/mol. The quantitative estimate of drug-likeness (QED) is 0.538. The summed E-state index contributed by atoms with van der Waals surface area (Å²) in [5.41, 5.74) is 0.871. The van der Waals surface area contributed by atoms with Crippen molar-refractivity contribution in [2.75, 3.05) is 6.54 Å². The smallest absolute Gasteiger partial charge is 0.416 e. The molecule has 0 saturated carbocycles. The molecule has 1 heterocycles. The first-order chi connectivity index (χ1) is 14.9. The Hall–Kier alpha value is -3.18. The van der Waals surface area contributed by atoms with E-state index in [1.807, 2.05) is 0 Å². The predicted octanol–water partition coefficient (Wildman–Crippen LogP) is 4.20. The number of aryl methyl sites for hydroxylation is 1. The van der Waals surface area contributed by atoms with Crippen molar-refractivity contribution in [3.8, 4) is 11.5 Å². The molecule has 7 nitrogen and oxygen atoms in total. The molecule has 0 aliphatic carbocycles. The van der Waals surface area contributed by atoms with E-state index in [1.165, 1.54) is 24.5 Å². The highest BCUT2D eigenvalue weighted by molar-refractivity contribution is 7.89. The highest BCUT2D eigenvalue weighted by Gasteiger charge is 2.30. The maximum absolute atomic E-state index is 12.7. The largest absolute Gasteiger partial charge is 0.478 e. The fourth-order valence-electron chi connectivity index (χ4n) is 2.96. The number of hydrogen-bond acceptors (Lipinski definition) is 5. The monoisotopic (exact) mass is 468 g/mol. The lowest BCUT2D eigenvalue weighted by atomic mass is 10.0. The Kier molecular flexibility index (Phi) is 6.42. The summed E-state index contributed by atoms with van der Waals surface area (Å²) in [6.07, 6.45) is -3.00. The SMILES string of the molecule is Cc1cc(S(=O)(=O)NCCc2coc(-c3ccc(C(F)(F)F)cc3)n2)cc(C(=O)O)c1C. The lowest BCUT2D eigenvalue weighted by Gasteiger charge is -2.11. The molecule has 2 aromatic carbocycles. The maximum Gasteiger partial charge on any atom is 0.416 e. The Morgan fingerprint density at radius 1 is 1.16 bits per heavy atom. The second kappa shape index (κ2) is 8.75. The van der Waals surface area contributed by atoms with E-state index in [4.69, 9.17) is 4.42 Å². The number of nitrogens with one attached hydrogen (secondary N) is 1. The molecule has 0 spiro atoms. The van der Waals surface area contributed by atoms with Crippen LogP contribution < -0.4 is 4.72 Å². The minimum Gasteiger partial charge on any atom is -0.478 e. The van der Waals surface area contributed by atoms with Crippen LogP contribution in [0.4, 0.5) is 13.2 Å². The summed E-state index contributed by atoms with van der Waals surface area (Å²) >= 11 is 0. The second-order valence-electron chi connectivity index (χ2n) is 7.08. The van der Waals surface area contributed by atoms with Crippen molar-refractivity contribution in [3.05, 3.63) is 70.6 Å². The van der Waals surface area contributed by atoms with Gasteiger partial charge in [-0.15, -0.1) is 0 Å². The van der Waals surface area contributed by atoms with Gasteiger partial charge >= 0.3 is 12.1 Å². The van der Waals surface area contributed by atoms with Crippen molar-refractivity contribution < 1.29 is 35.9 Å². The number of aromatic nitrogens is 1. The minimum absolute atomic E-state index is 0.0450. The maximum atomic E-state index is 12.7. The molecule has 170 valence electrons. The van der Waals surface area contributed by atoms with Gasteiger partial charge in [0.15, 0.2) is 0 Å². The van der Waals surface area contributed by atoms with Gasteiger partial charge in [-0.25, -0.2) is 22.9 Å². The average molecular weight is 468 g/mol. The van der Waals surface area contributed by atoms with Crippen LogP contribution in [0.5, 0.6) is 0 Å². The highest BCUT2D eigenvalue weighted by Crippen LogP contribution is 2.30. The number of hydrogen-bond donors (Lipinski definition) is 2. The van der Waals surface area contributed by atoms with E-state index in [1.54, 1.807) is 13.8 Å². The number of carboxylic acid groups (broad SMARTS) is 1. The van der Waals surface area contributed by atoms with Crippen molar-refractivity contribution in [1.82, 2.24) is 9.71 Å². The molecule has 11 heteroatoms. The van der Waals surface area contributed by atoms with Crippen molar-refractivity contribution in [2.45, 2.75) is 31.3 Å². The summed E-state index contributed by atoms with van der Waals surface area (Å²) < 4.78 is 70.8. The fourth-order valence-corrected chi connectivity index (χ4v) is 4.10. The second-order valence-corrected chi connectivity index (χ2v) is 8.85. The van der Waals surface area contributed by atoms with E-state index < -0.39 is 27.7 Å². The van der Waals surface area contributed by atoms with E-state index in [9.17, 15) is 31.5 Å². The van der Waals surface area contributed by atoms with Gasteiger partial charge < -0.3 is 9.52 Å². The molecule has 0 atom stereocenters. The summed E-state index contributed by atoms with van der Waals surface area (Å²) in [5.74, 6) is -1.11. The normalized spacial score (nSPS) is 12.2. The van der Waals surface area contributed by atoms with E-state index in [-0.39, 0.29) is 29.3 Å². The van der Waals surface area contributed by atoms with Crippen LogP contribution in [-0.2, 0) is 22.6 Å². The van der Waals surface area contributed by atoms with Crippen LogP contribution in [0.25, 0.3) is 11.5 Å². The Bertz CT molecular complexity index is 1250. The van der Waals surface area contributed by atoms with E-state index in [0.29, 0.717) is 22.4 Å². The number of carboxylic acids is 1. The van der Waals surface area contributed by atoms with Gasteiger partial charge in [-0.3, -0.25) is 0 Å². The Balaban J connectivity index is 1.67. The van der Waals surface area contributed by atoms with Crippen LogP contribution >= 0.6 is 0 Å². The number of sulfonamides is 1. The first-order valence-electron chi connectivity index (χ1n) is 9.35. The molecule has 0 fully saturated rings. The molecule has 0 aliphatic rings. The van der Waals surface area contributed by atoms with Gasteiger partial charge in [0.25, 0.3) is 0 Å². The third-order valence-corrected chi connectivity index (χ3v) is 6.31. The Labute approximate surface area is 182 Å². The van der Waals surface area contributed by atoms with Crippen LogP contribution in [0.1, 0.15) is 32.7 Å². The summed E-state index contributed by atoms with van der Waals surface area (Å²) in [7, 11) is -3.97. The van der Waals surface area contributed by atoms with Crippen molar-refractivity contribution in [3.63, 3.8) is 0 Å². The number of aromatic carboxylic acids is 1. The molecule has 3 rings (SSSR count). The van der Waals surface area contributed by atoms with Gasteiger partial charge in [-0.1, -0.05) is 0 Å². The first-order valence-corrected chi connectivity index (χ1v) is 10.8. The molecule has 1 aromatic heterocycles. The number of benzene rings is 2. The summed E-state index contributed by atoms with van der Waals surface area (Å²) in [6, 6.07) is 6.81. The third-order valence-electron chi connectivity index (χ3n) is 4.87. The van der Waals surface area contributed by atoms with Gasteiger partial charge in [0.2, 0.25) is 15.9 Å². The average Bonchev–Trinajstić information content (AvgIpc) is 3.17. The summed E-state index contributed by atoms with van der Waals surface area (Å²) in [4.78, 5) is 15.4. The topological polar surface area (TPSA) is 110 Å². The van der Waals surface area contributed by atoms with Crippen molar-refractivity contribution >= 4 is 16.0 Å². The molecule has 0 unspecified atom stereocenters. The lowest BCUT2D eigenvalue weighted by Crippen LogP contribution is -2.26. The molecular formula is C21H19F3N2O5S. The molecule has 0 saturated heterocycles. The van der Waals surface area contributed by atoms with Crippen LogP contribution in [0, 0.1) is 13.8 Å². The molecule has 2 N–H and O–H groups in total. The van der Waals surface area contributed by atoms with Crippen LogP contribution in [0.2, 0.25) is 0 Å². The van der Waals surface area contributed by atoms with Gasteiger partial charge in [-0.05, 0) is 61.4 Å². The zero-order chi connectivity index (χ0) is 23.7. The molecule has 32 heavy (non-hydrogen) atoms. The number of carbonyl (C=O) groups is 1. The standard InChI is InChI=1S/C21H19F3N2O5S/c1-12-9-17(10-18(13(12)2)20(27)28)32(29,30)25-8-7-16-11-31-19(26-16)14-3-5-15(6-4-14)21(22,23)24/h3-6,9-11,25H,7-8H2,1-2H3,(H,27,28). The first kappa shape index (κ1) is 23.5. The van der Waals surface area contributed by atoms with Gasteiger partial charge in [0.1, 0.15) is 6.26 Å². The number of nitrogens with zero attached hydrogens (tertiary/aromatic N) is 1. The van der Waals surface area contributed by atoms with Crippen LogP contribution in [0.3, 0.4) is 0 Å². The van der Waals surface area contributed by atoms with Crippen molar-refractivity contribution in [1.29, 1.82) is 0 Å². The zero-order valence-corrected chi connectivity index (χ0v) is 17.8. The molecule has 0 radical (unpaired) electrons. The lowest BCUT2D eigenvalue weighted by molar-refractivity contribution is -0.137. The summed E-state index contributed by atoms with van der Waals surface area (Å²) in [5, 5.41) is 9.27. The Morgan fingerprint density at radius 2 is 1.81 bits per heavy atom. The molecule has 0 bridgehead atoms. The van der Waals surface area contributed by atoms with E-state index in [0.717, 1.165) is 18.2 Å². The number of rotatable bonds is 7. The van der Waals surface area contributed by atoms with Gasteiger partial charge in [-0.2, -0.15) is 13.2 Å².